The van der Waals surface area contributed by atoms with Crippen molar-refractivity contribution in [3.05, 3.63) is 71.4 Å². The van der Waals surface area contributed by atoms with Crippen LogP contribution in [-0.2, 0) is 6.42 Å². The molecule has 0 radical (unpaired) electrons. The van der Waals surface area contributed by atoms with Gasteiger partial charge in [0.25, 0.3) is 5.91 Å². The Morgan fingerprint density at radius 3 is 2.81 bits per heavy atom. The molecule has 3 rings (SSSR count). The second-order valence-electron chi connectivity index (χ2n) is 5.96. The van der Waals surface area contributed by atoms with Gasteiger partial charge in [-0.05, 0) is 36.2 Å². The number of hydrogen-bond donors (Lipinski definition) is 4. The molecule has 1 atom stereocenters. The number of aromatic nitrogens is 1. The van der Waals surface area contributed by atoms with Gasteiger partial charge in [-0.25, -0.2) is 0 Å². The van der Waals surface area contributed by atoms with Crippen molar-refractivity contribution in [1.29, 1.82) is 0 Å². The van der Waals surface area contributed by atoms with Crippen LogP contribution in [0.15, 0.2) is 54.7 Å². The summed E-state index contributed by atoms with van der Waals surface area (Å²) in [7, 11) is 0. The van der Waals surface area contributed by atoms with E-state index in [0.29, 0.717) is 17.5 Å². The van der Waals surface area contributed by atoms with E-state index >= 15 is 0 Å². The SMILES string of the molecule is O=C(NC(CO)Cc1c[nH]c2ccccc12)c1cccc(C#CCO)c1. The maximum absolute atomic E-state index is 12.5. The highest BCUT2D eigenvalue weighted by atomic mass is 16.3. The molecule has 0 bridgehead atoms. The summed E-state index contributed by atoms with van der Waals surface area (Å²) in [6.45, 7) is -0.386. The van der Waals surface area contributed by atoms with E-state index in [9.17, 15) is 9.90 Å². The summed E-state index contributed by atoms with van der Waals surface area (Å²) in [6.07, 6.45) is 2.43. The molecule has 0 saturated carbocycles. The first-order valence-electron chi connectivity index (χ1n) is 8.37. The number of aliphatic hydroxyl groups is 2. The minimum atomic E-state index is -0.395. The van der Waals surface area contributed by atoms with Gasteiger partial charge in [0.05, 0.1) is 12.6 Å². The Bertz CT molecular complexity index is 966. The number of amides is 1. The summed E-state index contributed by atoms with van der Waals surface area (Å²) >= 11 is 0. The molecule has 0 saturated heterocycles. The molecule has 5 nitrogen and oxygen atoms in total. The van der Waals surface area contributed by atoms with E-state index in [2.05, 4.69) is 22.1 Å². The van der Waals surface area contributed by atoms with Gasteiger partial charge in [-0.1, -0.05) is 36.1 Å². The molecule has 0 fully saturated rings. The number of para-hydroxylation sites is 1. The molecule has 1 amide bonds. The lowest BCUT2D eigenvalue weighted by atomic mass is 10.0. The fraction of sp³-hybridized carbons (Fsp3) is 0.190. The molecule has 3 aromatic rings. The van der Waals surface area contributed by atoms with Crippen molar-refractivity contribution in [2.75, 3.05) is 13.2 Å². The van der Waals surface area contributed by atoms with E-state index in [1.807, 2.05) is 30.5 Å². The van der Waals surface area contributed by atoms with E-state index in [4.69, 9.17) is 5.11 Å². The van der Waals surface area contributed by atoms with Crippen LogP contribution in [0, 0.1) is 11.8 Å². The number of hydrogen-bond acceptors (Lipinski definition) is 3. The molecule has 132 valence electrons. The first-order valence-corrected chi connectivity index (χ1v) is 8.37. The molecular formula is C21H20N2O3. The summed E-state index contributed by atoms with van der Waals surface area (Å²) in [5, 5.41) is 22.4. The van der Waals surface area contributed by atoms with Crippen molar-refractivity contribution in [3.63, 3.8) is 0 Å². The van der Waals surface area contributed by atoms with Gasteiger partial charge in [0.1, 0.15) is 6.61 Å². The zero-order chi connectivity index (χ0) is 18.4. The van der Waals surface area contributed by atoms with E-state index in [-0.39, 0.29) is 19.1 Å². The van der Waals surface area contributed by atoms with Gasteiger partial charge < -0.3 is 20.5 Å². The van der Waals surface area contributed by atoms with Crippen LogP contribution in [0.3, 0.4) is 0 Å². The first-order chi connectivity index (χ1) is 12.7. The third-order valence-corrected chi connectivity index (χ3v) is 4.13. The average molecular weight is 348 g/mol. The van der Waals surface area contributed by atoms with Gasteiger partial charge in [-0.3, -0.25) is 4.79 Å². The van der Waals surface area contributed by atoms with Crippen LogP contribution in [-0.4, -0.2) is 40.4 Å². The molecule has 1 unspecified atom stereocenters. The molecule has 1 heterocycles. The molecule has 1 aromatic heterocycles. The molecule has 5 heteroatoms. The summed E-state index contributed by atoms with van der Waals surface area (Å²) in [5.74, 6) is 5.07. The topological polar surface area (TPSA) is 85.4 Å². The van der Waals surface area contributed by atoms with Crippen LogP contribution in [0.2, 0.25) is 0 Å². The number of fused-ring (bicyclic) bond motifs is 1. The van der Waals surface area contributed by atoms with Gasteiger partial charge >= 0.3 is 0 Å². The Morgan fingerprint density at radius 1 is 1.15 bits per heavy atom. The standard InChI is InChI=1S/C21H20N2O3/c24-10-4-6-15-5-3-7-16(11-15)21(26)23-18(14-25)12-17-13-22-20-9-2-1-8-19(17)20/h1-3,5,7-9,11,13,18,22,24-25H,10,12,14H2,(H,23,26). The predicted octanol–water partition coefficient (Wildman–Crippen LogP) is 1.85. The van der Waals surface area contributed by atoms with Gasteiger partial charge in [0.15, 0.2) is 0 Å². The van der Waals surface area contributed by atoms with Crippen molar-refractivity contribution < 1.29 is 15.0 Å². The Kier molecular flexibility index (Phi) is 5.69. The molecule has 0 aliphatic carbocycles. The number of aliphatic hydroxyl groups excluding tert-OH is 2. The smallest absolute Gasteiger partial charge is 0.251 e. The summed E-state index contributed by atoms with van der Waals surface area (Å²) in [5.41, 5.74) is 3.19. The first kappa shape index (κ1) is 17.7. The molecule has 0 spiro atoms. The number of carbonyl (C=O) groups excluding carboxylic acids is 1. The number of benzene rings is 2. The van der Waals surface area contributed by atoms with Crippen molar-refractivity contribution in [2.45, 2.75) is 12.5 Å². The van der Waals surface area contributed by atoms with Crippen LogP contribution < -0.4 is 5.32 Å². The molecule has 26 heavy (non-hydrogen) atoms. The highest BCUT2D eigenvalue weighted by Crippen LogP contribution is 2.19. The van der Waals surface area contributed by atoms with Gasteiger partial charge in [0.2, 0.25) is 0 Å². The van der Waals surface area contributed by atoms with Gasteiger partial charge in [0, 0.05) is 28.2 Å². The monoisotopic (exact) mass is 348 g/mol. The zero-order valence-electron chi connectivity index (χ0n) is 14.2. The fourth-order valence-corrected chi connectivity index (χ4v) is 2.88. The molecular weight excluding hydrogens is 328 g/mol. The number of carbonyl (C=O) groups is 1. The Balaban J connectivity index is 1.72. The third-order valence-electron chi connectivity index (χ3n) is 4.13. The Hall–Kier alpha value is -3.07. The summed E-state index contributed by atoms with van der Waals surface area (Å²) in [4.78, 5) is 15.7. The maximum atomic E-state index is 12.5. The molecule has 0 aliphatic rings. The van der Waals surface area contributed by atoms with Crippen molar-refractivity contribution >= 4 is 16.8 Å². The maximum Gasteiger partial charge on any atom is 0.251 e. The molecule has 0 aliphatic heterocycles. The highest BCUT2D eigenvalue weighted by molar-refractivity contribution is 5.94. The van der Waals surface area contributed by atoms with Crippen LogP contribution in [0.4, 0.5) is 0 Å². The molecule has 2 aromatic carbocycles. The molecule has 4 N–H and O–H groups in total. The second-order valence-corrected chi connectivity index (χ2v) is 5.96. The lowest BCUT2D eigenvalue weighted by molar-refractivity contribution is 0.0916. The van der Waals surface area contributed by atoms with E-state index in [1.54, 1.807) is 24.3 Å². The number of H-pyrrole nitrogens is 1. The zero-order valence-corrected chi connectivity index (χ0v) is 14.2. The lowest BCUT2D eigenvalue weighted by Gasteiger charge is -2.16. The minimum absolute atomic E-state index is 0.157. The number of rotatable bonds is 5. The predicted molar refractivity (Wildman–Crippen MR) is 101 cm³/mol. The van der Waals surface area contributed by atoms with Gasteiger partial charge in [-0.15, -0.1) is 0 Å². The number of nitrogens with one attached hydrogen (secondary N) is 2. The Morgan fingerprint density at radius 2 is 2.00 bits per heavy atom. The normalized spacial score (nSPS) is 11.6. The Labute approximate surface area is 151 Å². The van der Waals surface area contributed by atoms with E-state index in [1.165, 1.54) is 0 Å². The average Bonchev–Trinajstić information content (AvgIpc) is 3.09. The van der Waals surface area contributed by atoms with Gasteiger partial charge in [-0.2, -0.15) is 0 Å². The fourth-order valence-electron chi connectivity index (χ4n) is 2.88. The van der Waals surface area contributed by atoms with Crippen LogP contribution in [0.5, 0.6) is 0 Å². The van der Waals surface area contributed by atoms with E-state index in [0.717, 1.165) is 16.5 Å². The quantitative estimate of drug-likeness (QED) is 0.531. The van der Waals surface area contributed by atoms with Crippen LogP contribution in [0.1, 0.15) is 21.5 Å². The second kappa shape index (κ2) is 8.34. The lowest BCUT2D eigenvalue weighted by Crippen LogP contribution is -2.39. The summed E-state index contributed by atoms with van der Waals surface area (Å²) in [6, 6.07) is 14.4. The van der Waals surface area contributed by atoms with Crippen molar-refractivity contribution in [1.82, 2.24) is 10.3 Å². The highest BCUT2D eigenvalue weighted by Gasteiger charge is 2.15. The van der Waals surface area contributed by atoms with Crippen molar-refractivity contribution in [2.24, 2.45) is 0 Å². The number of aromatic amines is 1. The third kappa shape index (κ3) is 4.12. The largest absolute Gasteiger partial charge is 0.394 e. The van der Waals surface area contributed by atoms with Crippen LogP contribution in [0.25, 0.3) is 10.9 Å². The minimum Gasteiger partial charge on any atom is -0.394 e. The summed E-state index contributed by atoms with van der Waals surface area (Å²) < 4.78 is 0. The van der Waals surface area contributed by atoms with Crippen LogP contribution >= 0.6 is 0 Å². The van der Waals surface area contributed by atoms with Crippen molar-refractivity contribution in [3.8, 4) is 11.8 Å². The van der Waals surface area contributed by atoms with E-state index < -0.39 is 6.04 Å².